The van der Waals surface area contributed by atoms with Crippen molar-refractivity contribution in [2.24, 2.45) is 5.10 Å². The normalized spacial score (nSPS) is 11.3. The van der Waals surface area contributed by atoms with Gasteiger partial charge in [-0.05, 0) is 54.2 Å². The molecule has 0 bridgehead atoms. The number of non-ortho nitro benzene ring substituents is 1. The number of nitro benzene ring substituents is 1. The van der Waals surface area contributed by atoms with Crippen LogP contribution < -0.4 is 15.5 Å². The van der Waals surface area contributed by atoms with E-state index in [0.29, 0.717) is 22.6 Å². The van der Waals surface area contributed by atoms with Crippen molar-refractivity contribution in [2.75, 3.05) is 0 Å². The number of thiocarbonyl (C=S) groups is 1. The van der Waals surface area contributed by atoms with Crippen LogP contribution in [-0.2, 0) is 0 Å². The summed E-state index contributed by atoms with van der Waals surface area (Å²) in [5, 5.41) is 21.4. The third-order valence-corrected chi connectivity index (χ3v) is 5.14. The first kappa shape index (κ1) is 26.9. The first-order valence-electron chi connectivity index (χ1n) is 10.8. The summed E-state index contributed by atoms with van der Waals surface area (Å²) in [5.41, 5.74) is 4.42. The number of carbonyl (C=O) groups is 1. The molecule has 2 N–H and O–H groups in total. The molecule has 1 amide bonds. The number of carbonyl (C=O) groups excluding carboxylic acids is 1. The smallest absolute Gasteiger partial charge is 0.406 e. The van der Waals surface area contributed by atoms with Crippen molar-refractivity contribution in [2.45, 2.75) is 6.36 Å². The van der Waals surface area contributed by atoms with Crippen LogP contribution in [0.1, 0.15) is 15.9 Å². The van der Waals surface area contributed by atoms with Gasteiger partial charge in [0.15, 0.2) is 10.9 Å². The molecule has 0 saturated heterocycles. The van der Waals surface area contributed by atoms with Crippen LogP contribution in [0.3, 0.4) is 0 Å². The van der Waals surface area contributed by atoms with Crippen LogP contribution in [0.5, 0.6) is 5.75 Å². The van der Waals surface area contributed by atoms with E-state index in [1.54, 1.807) is 24.3 Å². The minimum absolute atomic E-state index is 0.0704. The Hall–Kier alpha value is -5.18. The average Bonchev–Trinajstić information content (AvgIpc) is 3.39. The second kappa shape index (κ2) is 11.5. The largest absolute Gasteiger partial charge is 0.573 e. The highest BCUT2D eigenvalue weighted by Crippen LogP contribution is 2.24. The number of rotatable bonds is 7. The van der Waals surface area contributed by atoms with Crippen LogP contribution in [0, 0.1) is 10.1 Å². The van der Waals surface area contributed by atoms with Gasteiger partial charge in [0.2, 0.25) is 0 Å². The van der Waals surface area contributed by atoms with Crippen LogP contribution in [0.4, 0.5) is 18.9 Å². The van der Waals surface area contributed by atoms with Crippen LogP contribution in [0.25, 0.3) is 17.1 Å². The zero-order valence-electron chi connectivity index (χ0n) is 19.5. The van der Waals surface area contributed by atoms with Gasteiger partial charge in [-0.1, -0.05) is 24.3 Å². The van der Waals surface area contributed by atoms with Crippen molar-refractivity contribution in [1.82, 2.24) is 25.5 Å². The monoisotopic (exact) mass is 555 g/mol. The Morgan fingerprint density at radius 2 is 1.72 bits per heavy atom. The lowest BCUT2D eigenvalue weighted by molar-refractivity contribution is -0.384. The third-order valence-electron chi connectivity index (χ3n) is 4.94. The SMILES string of the molecule is O=C(NC(=S)NN=Cc1ccc(-c2ncn(-c3ccc(OC(F)(F)F)cc3)n2)cc1)c1ccc([N+](=O)[O-])cc1. The molecule has 0 radical (unpaired) electrons. The maximum Gasteiger partial charge on any atom is 0.573 e. The van der Waals surface area contributed by atoms with E-state index >= 15 is 0 Å². The molecule has 0 unspecified atom stereocenters. The van der Waals surface area contributed by atoms with Crippen molar-refractivity contribution in [3.8, 4) is 22.8 Å². The van der Waals surface area contributed by atoms with Crippen LogP contribution in [0.15, 0.2) is 84.2 Å². The molecule has 0 fully saturated rings. The van der Waals surface area contributed by atoms with Gasteiger partial charge in [-0.15, -0.1) is 18.3 Å². The number of nitrogens with zero attached hydrogens (tertiary/aromatic N) is 5. The molecule has 1 aromatic heterocycles. The molecule has 0 atom stereocenters. The molecular weight excluding hydrogens is 539 g/mol. The fourth-order valence-electron chi connectivity index (χ4n) is 3.14. The molecule has 4 rings (SSSR count). The standard InChI is InChI=1S/C24H16F3N7O4S/c25-24(26,27)38-20-11-9-18(10-12-20)33-14-28-21(32-33)16-3-1-15(2-4-16)13-29-31-23(39)30-22(35)17-5-7-19(8-6-17)34(36)37/h1-14H,(H2,30,31,35,39). The summed E-state index contributed by atoms with van der Waals surface area (Å²) in [5.74, 6) is -0.507. The van der Waals surface area contributed by atoms with Crippen molar-refractivity contribution in [3.63, 3.8) is 0 Å². The summed E-state index contributed by atoms with van der Waals surface area (Å²) < 4.78 is 42.2. The molecule has 1 heterocycles. The van der Waals surface area contributed by atoms with Crippen molar-refractivity contribution in [1.29, 1.82) is 0 Å². The lowest BCUT2D eigenvalue weighted by atomic mass is 10.1. The number of aromatic nitrogens is 3. The maximum atomic E-state index is 12.3. The van der Waals surface area contributed by atoms with E-state index in [0.717, 1.165) is 0 Å². The summed E-state index contributed by atoms with van der Waals surface area (Å²) in [6, 6.07) is 17.2. The van der Waals surface area contributed by atoms with Gasteiger partial charge < -0.3 is 4.74 Å². The molecule has 0 aliphatic heterocycles. The van der Waals surface area contributed by atoms with Crippen LogP contribution >= 0.6 is 12.2 Å². The van der Waals surface area contributed by atoms with Crippen molar-refractivity contribution in [3.05, 3.63) is 100 Å². The Bertz CT molecular complexity index is 1520. The molecule has 15 heteroatoms. The van der Waals surface area contributed by atoms with E-state index in [1.165, 1.54) is 65.8 Å². The summed E-state index contributed by atoms with van der Waals surface area (Å²) in [7, 11) is 0. The quantitative estimate of drug-likeness (QED) is 0.148. The molecule has 11 nitrogen and oxygen atoms in total. The minimum Gasteiger partial charge on any atom is -0.406 e. The highest BCUT2D eigenvalue weighted by Gasteiger charge is 2.31. The number of nitro groups is 1. The Balaban J connectivity index is 1.31. The van der Waals surface area contributed by atoms with E-state index in [1.807, 2.05) is 0 Å². The van der Waals surface area contributed by atoms with Gasteiger partial charge in [0.1, 0.15) is 12.1 Å². The first-order chi connectivity index (χ1) is 18.6. The molecule has 3 aromatic carbocycles. The van der Waals surface area contributed by atoms with E-state index in [4.69, 9.17) is 12.2 Å². The number of hydrogen-bond donors (Lipinski definition) is 2. The zero-order chi connectivity index (χ0) is 28.0. The molecular formula is C24H16F3N7O4S. The third kappa shape index (κ3) is 7.42. The van der Waals surface area contributed by atoms with E-state index in [9.17, 15) is 28.1 Å². The summed E-state index contributed by atoms with van der Waals surface area (Å²) >= 11 is 5.03. The number of hydrazone groups is 1. The molecule has 0 aliphatic carbocycles. The fourth-order valence-corrected chi connectivity index (χ4v) is 3.29. The Kier molecular flexibility index (Phi) is 7.90. The number of amides is 1. The Morgan fingerprint density at radius 1 is 1.05 bits per heavy atom. The van der Waals surface area contributed by atoms with Crippen LogP contribution in [0.2, 0.25) is 0 Å². The van der Waals surface area contributed by atoms with Gasteiger partial charge in [0.05, 0.1) is 16.8 Å². The van der Waals surface area contributed by atoms with Gasteiger partial charge in [-0.3, -0.25) is 25.7 Å². The van der Waals surface area contributed by atoms with E-state index < -0.39 is 17.2 Å². The average molecular weight is 555 g/mol. The lowest BCUT2D eigenvalue weighted by Gasteiger charge is -2.09. The van der Waals surface area contributed by atoms with Crippen LogP contribution in [-0.4, -0.2) is 43.3 Å². The molecule has 0 spiro atoms. The number of ether oxygens (including phenoxy) is 1. The number of benzene rings is 3. The minimum atomic E-state index is -4.77. The highest BCUT2D eigenvalue weighted by atomic mass is 32.1. The number of hydrogen-bond acceptors (Lipinski definition) is 8. The second-order valence-corrected chi connectivity index (χ2v) is 8.04. The first-order valence-corrected chi connectivity index (χ1v) is 11.3. The molecule has 198 valence electrons. The molecule has 39 heavy (non-hydrogen) atoms. The predicted molar refractivity (Wildman–Crippen MR) is 137 cm³/mol. The number of halogens is 3. The molecule has 0 saturated carbocycles. The number of alkyl halides is 3. The Labute approximate surface area is 223 Å². The predicted octanol–water partition coefficient (Wildman–Crippen LogP) is 4.38. The van der Waals surface area contributed by atoms with Gasteiger partial charge in [0, 0.05) is 23.3 Å². The second-order valence-electron chi connectivity index (χ2n) is 7.63. The van der Waals surface area contributed by atoms with Gasteiger partial charge in [-0.25, -0.2) is 9.67 Å². The summed E-state index contributed by atoms with van der Waals surface area (Å²) in [4.78, 5) is 26.5. The maximum absolute atomic E-state index is 12.3. The van der Waals surface area contributed by atoms with E-state index in [-0.39, 0.29) is 22.1 Å². The van der Waals surface area contributed by atoms with Gasteiger partial charge in [0.25, 0.3) is 11.6 Å². The van der Waals surface area contributed by atoms with Crippen molar-refractivity contribution >= 4 is 35.1 Å². The molecule has 0 aliphatic rings. The van der Waals surface area contributed by atoms with Gasteiger partial charge >= 0.3 is 6.36 Å². The summed E-state index contributed by atoms with van der Waals surface area (Å²) in [6.45, 7) is 0. The fraction of sp³-hybridized carbons (Fsp3) is 0.0417. The van der Waals surface area contributed by atoms with Gasteiger partial charge in [-0.2, -0.15) is 5.10 Å². The van der Waals surface area contributed by atoms with Crippen molar-refractivity contribution < 1.29 is 27.6 Å². The summed E-state index contributed by atoms with van der Waals surface area (Å²) in [6.07, 6.45) is -1.88. The lowest BCUT2D eigenvalue weighted by Crippen LogP contribution is -2.36. The highest BCUT2D eigenvalue weighted by molar-refractivity contribution is 7.80. The molecule has 4 aromatic rings. The Morgan fingerprint density at radius 3 is 2.33 bits per heavy atom. The number of nitrogens with one attached hydrogen (secondary N) is 2. The van der Waals surface area contributed by atoms with E-state index in [2.05, 4.69) is 30.7 Å². The topological polar surface area (TPSA) is 137 Å². The zero-order valence-corrected chi connectivity index (χ0v) is 20.3.